The molecule has 0 aliphatic heterocycles. The molecule has 0 fully saturated rings. The van der Waals surface area contributed by atoms with Gasteiger partial charge in [0, 0.05) is 6.08 Å². The summed E-state index contributed by atoms with van der Waals surface area (Å²) in [6.45, 7) is 6.21. The van der Waals surface area contributed by atoms with Crippen molar-refractivity contribution in [3.63, 3.8) is 0 Å². The van der Waals surface area contributed by atoms with E-state index in [9.17, 15) is 4.79 Å². The highest BCUT2D eigenvalue weighted by molar-refractivity contribution is 9.26. The summed E-state index contributed by atoms with van der Waals surface area (Å²) in [5, 5.41) is 0. The number of esters is 1. The van der Waals surface area contributed by atoms with Crippen molar-refractivity contribution >= 4 is 28.0 Å². The Hall–Kier alpha value is -0.0931. The van der Waals surface area contributed by atoms with Crippen LogP contribution in [0.2, 0.25) is 19.1 Å². The SMILES string of the molecule is CC=CC(=O)OCCCCCCCCCCCCCCCC[Si](C)(C)Br. The first kappa shape index (κ1) is 25.9. The smallest absolute Gasteiger partial charge is 0.330 e. The van der Waals surface area contributed by atoms with E-state index < -0.39 is 6.69 Å². The minimum absolute atomic E-state index is 0.211. The normalized spacial score (nSPS) is 12.0. The number of hydrogen-bond acceptors (Lipinski definition) is 2. The highest BCUT2D eigenvalue weighted by Gasteiger charge is 2.14. The Balaban J connectivity index is 3.10. The molecule has 0 radical (unpaired) electrons. The van der Waals surface area contributed by atoms with Gasteiger partial charge in [0.2, 0.25) is 0 Å². The van der Waals surface area contributed by atoms with Gasteiger partial charge in [-0.2, -0.15) is 0 Å². The zero-order chi connectivity index (χ0) is 19.5. The lowest BCUT2D eigenvalue weighted by Gasteiger charge is -2.12. The second-order valence-corrected chi connectivity index (χ2v) is 18.5. The topological polar surface area (TPSA) is 26.3 Å². The van der Waals surface area contributed by atoms with Crippen LogP contribution < -0.4 is 0 Å². The van der Waals surface area contributed by atoms with Crippen LogP contribution >= 0.6 is 15.3 Å². The summed E-state index contributed by atoms with van der Waals surface area (Å²) in [6.07, 6.45) is 22.1. The van der Waals surface area contributed by atoms with Gasteiger partial charge in [0.25, 0.3) is 0 Å². The molecule has 0 aromatic heterocycles. The summed E-state index contributed by atoms with van der Waals surface area (Å²) in [7, 11) is 0. The summed E-state index contributed by atoms with van der Waals surface area (Å²) in [4.78, 5) is 11.1. The lowest BCUT2D eigenvalue weighted by Crippen LogP contribution is -2.13. The Morgan fingerprint density at radius 2 is 1.15 bits per heavy atom. The highest BCUT2D eigenvalue weighted by Crippen LogP contribution is 2.21. The molecule has 0 atom stereocenters. The lowest BCUT2D eigenvalue weighted by atomic mass is 10.0. The molecule has 0 aromatic rings. The number of hydrogen-bond donors (Lipinski definition) is 0. The molecule has 0 saturated carbocycles. The van der Waals surface area contributed by atoms with Crippen molar-refractivity contribution in [2.24, 2.45) is 0 Å². The minimum Gasteiger partial charge on any atom is -0.463 e. The fourth-order valence-electron chi connectivity index (χ4n) is 3.13. The Bertz CT molecular complexity index is 351. The van der Waals surface area contributed by atoms with Crippen molar-refractivity contribution in [2.45, 2.75) is 116 Å². The molecule has 0 spiro atoms. The fraction of sp³-hybridized carbons (Fsp3) is 0.864. The van der Waals surface area contributed by atoms with Crippen molar-refractivity contribution in [3.8, 4) is 0 Å². The van der Waals surface area contributed by atoms with Gasteiger partial charge in [-0.05, 0) is 19.4 Å². The molecule has 2 nitrogen and oxygen atoms in total. The number of carbonyl (C=O) groups is 1. The summed E-state index contributed by atoms with van der Waals surface area (Å²) in [6, 6.07) is 1.42. The first-order valence-electron chi connectivity index (χ1n) is 10.9. The molecule has 0 aliphatic carbocycles. The van der Waals surface area contributed by atoms with Crippen molar-refractivity contribution in [1.82, 2.24) is 0 Å². The molecule has 0 aromatic carbocycles. The monoisotopic (exact) mass is 446 g/mol. The van der Waals surface area contributed by atoms with E-state index in [1.807, 2.05) is 6.92 Å². The number of rotatable bonds is 18. The van der Waals surface area contributed by atoms with Crippen LogP contribution in [0, 0.1) is 0 Å². The summed E-state index contributed by atoms with van der Waals surface area (Å²) >= 11 is 3.85. The van der Waals surface area contributed by atoms with E-state index in [2.05, 4.69) is 28.4 Å². The highest BCUT2D eigenvalue weighted by atomic mass is 79.9. The van der Waals surface area contributed by atoms with E-state index in [0.717, 1.165) is 6.42 Å². The van der Waals surface area contributed by atoms with Gasteiger partial charge < -0.3 is 4.74 Å². The number of allylic oxidation sites excluding steroid dienone is 1. The Labute approximate surface area is 172 Å². The molecule has 0 rings (SSSR count). The summed E-state index contributed by atoms with van der Waals surface area (Å²) in [5.74, 6) is -0.211. The van der Waals surface area contributed by atoms with Gasteiger partial charge in [0.1, 0.15) is 6.69 Å². The van der Waals surface area contributed by atoms with Gasteiger partial charge in [-0.25, -0.2) is 4.79 Å². The molecule has 0 saturated heterocycles. The van der Waals surface area contributed by atoms with Crippen molar-refractivity contribution in [2.75, 3.05) is 6.61 Å². The molecule has 154 valence electrons. The average Bonchev–Trinajstić information content (AvgIpc) is 2.57. The molecule has 0 N–H and O–H groups in total. The second kappa shape index (κ2) is 18.3. The summed E-state index contributed by atoms with van der Waals surface area (Å²) < 4.78 is 5.08. The number of ether oxygens (including phenoxy) is 1. The third kappa shape index (κ3) is 21.9. The van der Waals surface area contributed by atoms with Gasteiger partial charge >= 0.3 is 5.97 Å². The molecule has 0 heterocycles. The number of halogens is 1. The van der Waals surface area contributed by atoms with Gasteiger partial charge in [0.15, 0.2) is 0 Å². The van der Waals surface area contributed by atoms with Gasteiger partial charge in [-0.1, -0.05) is 103 Å². The number of unbranched alkanes of at least 4 members (excludes halogenated alkanes) is 13. The Morgan fingerprint density at radius 1 is 0.769 bits per heavy atom. The van der Waals surface area contributed by atoms with E-state index >= 15 is 0 Å². The first-order chi connectivity index (χ1) is 12.5. The average molecular weight is 448 g/mol. The molecule has 26 heavy (non-hydrogen) atoms. The van der Waals surface area contributed by atoms with Crippen LogP contribution in [0.1, 0.15) is 96.8 Å². The van der Waals surface area contributed by atoms with Crippen LogP contribution in [0.3, 0.4) is 0 Å². The van der Waals surface area contributed by atoms with Crippen LogP contribution in [0.4, 0.5) is 0 Å². The lowest BCUT2D eigenvalue weighted by molar-refractivity contribution is -0.137. The predicted octanol–water partition coefficient (Wildman–Crippen LogP) is 8.17. The van der Waals surface area contributed by atoms with Gasteiger partial charge in [-0.3, -0.25) is 0 Å². The number of carbonyl (C=O) groups excluding carboxylic acids is 1. The van der Waals surface area contributed by atoms with Crippen LogP contribution in [0.25, 0.3) is 0 Å². The van der Waals surface area contributed by atoms with E-state index in [1.54, 1.807) is 6.08 Å². The van der Waals surface area contributed by atoms with Crippen LogP contribution in [-0.4, -0.2) is 19.3 Å². The third-order valence-electron chi connectivity index (χ3n) is 4.71. The zero-order valence-corrected chi connectivity index (χ0v) is 20.2. The first-order valence-corrected chi connectivity index (χ1v) is 16.4. The van der Waals surface area contributed by atoms with Gasteiger partial charge in [0.05, 0.1) is 6.61 Å². The quantitative estimate of drug-likeness (QED) is 0.0696. The molecule has 4 heteroatoms. The minimum atomic E-state index is -0.982. The largest absolute Gasteiger partial charge is 0.463 e. The van der Waals surface area contributed by atoms with E-state index in [4.69, 9.17) is 4.74 Å². The molecule has 0 bridgehead atoms. The maximum absolute atomic E-state index is 11.1. The van der Waals surface area contributed by atoms with Gasteiger partial charge in [-0.15, -0.1) is 15.3 Å². The maximum atomic E-state index is 11.1. The van der Waals surface area contributed by atoms with Crippen molar-refractivity contribution in [3.05, 3.63) is 12.2 Å². The van der Waals surface area contributed by atoms with Crippen LogP contribution in [0.15, 0.2) is 12.2 Å². The molecule has 0 unspecified atom stereocenters. The van der Waals surface area contributed by atoms with Crippen molar-refractivity contribution < 1.29 is 9.53 Å². The Morgan fingerprint density at radius 3 is 1.54 bits per heavy atom. The van der Waals surface area contributed by atoms with E-state index in [1.165, 1.54) is 95.6 Å². The molecular formula is C22H43BrO2Si. The maximum Gasteiger partial charge on any atom is 0.330 e. The second-order valence-electron chi connectivity index (χ2n) is 8.09. The fourth-order valence-corrected chi connectivity index (χ4v) is 5.06. The van der Waals surface area contributed by atoms with Crippen LogP contribution in [0.5, 0.6) is 0 Å². The molecular weight excluding hydrogens is 404 g/mol. The predicted molar refractivity (Wildman–Crippen MR) is 122 cm³/mol. The molecule has 0 amide bonds. The Kier molecular flexibility index (Phi) is 18.2. The zero-order valence-electron chi connectivity index (χ0n) is 17.7. The standard InChI is InChI=1S/C22H43BrO2Si/c1-4-19-22(24)25-20-17-15-13-11-9-7-5-6-8-10-12-14-16-18-21-26(2,3)23/h4,19H,5-18,20-21H2,1-3H3. The van der Waals surface area contributed by atoms with E-state index in [-0.39, 0.29) is 5.97 Å². The van der Waals surface area contributed by atoms with Crippen LogP contribution in [-0.2, 0) is 9.53 Å². The third-order valence-corrected chi connectivity index (χ3v) is 7.44. The van der Waals surface area contributed by atoms with Crippen molar-refractivity contribution in [1.29, 1.82) is 0 Å². The van der Waals surface area contributed by atoms with E-state index in [0.29, 0.717) is 6.61 Å². The summed E-state index contributed by atoms with van der Waals surface area (Å²) in [5.41, 5.74) is 0. The molecule has 0 aliphatic rings.